The van der Waals surface area contributed by atoms with Gasteiger partial charge in [-0.3, -0.25) is 0 Å². The quantitative estimate of drug-likeness (QED) is 0.481. The van der Waals surface area contributed by atoms with Crippen LogP contribution in [0.1, 0.15) is 70.9 Å². The van der Waals surface area contributed by atoms with Crippen molar-refractivity contribution in [3.63, 3.8) is 0 Å². The van der Waals surface area contributed by atoms with E-state index in [0.29, 0.717) is 24.5 Å². The summed E-state index contributed by atoms with van der Waals surface area (Å²) in [5.74, 6) is 2.24. The van der Waals surface area contributed by atoms with E-state index < -0.39 is 0 Å². The number of allylic oxidation sites excluding steroid dienone is 2. The van der Waals surface area contributed by atoms with Crippen molar-refractivity contribution in [3.05, 3.63) is 23.5 Å². The predicted octanol–water partition coefficient (Wildman–Crippen LogP) is 4.08. The lowest BCUT2D eigenvalue weighted by atomic mass is 9.47. The summed E-state index contributed by atoms with van der Waals surface area (Å²) in [5.41, 5.74) is 4.15. The Bertz CT molecular complexity index is 939. The predicted molar refractivity (Wildman–Crippen MR) is 133 cm³/mol. The van der Waals surface area contributed by atoms with Gasteiger partial charge >= 0.3 is 0 Å². The molecule has 0 amide bonds. The van der Waals surface area contributed by atoms with Crippen LogP contribution < -0.4 is 0 Å². The lowest BCUT2D eigenvalue weighted by Gasteiger charge is -2.57. The van der Waals surface area contributed by atoms with Crippen molar-refractivity contribution in [2.24, 2.45) is 33.7 Å². The molecule has 188 valence electrons. The molecule has 0 radical (unpaired) electrons. The molecule has 1 aromatic rings. The summed E-state index contributed by atoms with van der Waals surface area (Å²) in [6, 6.07) is 0. The van der Waals surface area contributed by atoms with E-state index in [1.165, 1.54) is 38.5 Å². The number of fused-ring (bicyclic) bond motifs is 5. The standard InChI is InChI=1S/C27H43N5O2/c1-26-12-9-20(29-34-16-15-32-18-21(28-30-32)11-14-31(3)4)17-19(26)5-6-22-23-7-8-25(33)27(23,2)13-10-24(22)26/h17-18,22-25,33H,5-16H2,1-4H3/t22?,23?,24-,25?,26?,27?/m1/s1. The molecular formula is C27H43N5O2. The minimum atomic E-state index is -0.0902. The maximum absolute atomic E-state index is 10.7. The second-order valence-corrected chi connectivity index (χ2v) is 12.1. The van der Waals surface area contributed by atoms with Crippen LogP contribution in [0.4, 0.5) is 0 Å². The second-order valence-electron chi connectivity index (χ2n) is 12.1. The molecule has 5 rings (SSSR count). The third-order valence-electron chi connectivity index (χ3n) is 9.92. The van der Waals surface area contributed by atoms with Gasteiger partial charge in [0.2, 0.25) is 0 Å². The minimum absolute atomic E-state index is 0.0902. The molecule has 3 fully saturated rings. The number of aliphatic hydroxyl groups excluding tert-OH is 1. The first-order chi connectivity index (χ1) is 16.3. The van der Waals surface area contributed by atoms with Gasteiger partial charge in [0, 0.05) is 19.2 Å². The molecule has 7 heteroatoms. The average Bonchev–Trinajstić information content (AvgIpc) is 3.39. The zero-order valence-electron chi connectivity index (χ0n) is 21.5. The van der Waals surface area contributed by atoms with Crippen molar-refractivity contribution in [3.8, 4) is 0 Å². The number of hydrogen-bond acceptors (Lipinski definition) is 6. The first-order valence-corrected chi connectivity index (χ1v) is 13.4. The Labute approximate surface area is 204 Å². The lowest BCUT2D eigenvalue weighted by molar-refractivity contribution is -0.0722. The van der Waals surface area contributed by atoms with E-state index in [1.807, 2.05) is 10.9 Å². The number of rotatable bonds is 7. The summed E-state index contributed by atoms with van der Waals surface area (Å²) in [4.78, 5) is 7.86. The summed E-state index contributed by atoms with van der Waals surface area (Å²) in [6.45, 7) is 7.02. The summed E-state index contributed by atoms with van der Waals surface area (Å²) in [5, 5.41) is 23.6. The van der Waals surface area contributed by atoms with Gasteiger partial charge in [-0.25, -0.2) is 4.68 Å². The smallest absolute Gasteiger partial charge is 0.136 e. The fraction of sp³-hybridized carbons (Fsp3) is 0.815. The molecule has 7 nitrogen and oxygen atoms in total. The summed E-state index contributed by atoms with van der Waals surface area (Å²) in [7, 11) is 4.13. The van der Waals surface area contributed by atoms with Gasteiger partial charge in [-0.15, -0.1) is 5.10 Å². The zero-order chi connectivity index (χ0) is 23.9. The fourth-order valence-corrected chi connectivity index (χ4v) is 7.78. The molecular weight excluding hydrogens is 426 g/mol. The molecule has 34 heavy (non-hydrogen) atoms. The van der Waals surface area contributed by atoms with Crippen LogP contribution in [-0.4, -0.2) is 64.1 Å². The van der Waals surface area contributed by atoms with E-state index in [9.17, 15) is 5.11 Å². The molecule has 1 aromatic heterocycles. The third kappa shape index (κ3) is 4.34. The highest BCUT2D eigenvalue weighted by atomic mass is 16.6. The first-order valence-electron chi connectivity index (χ1n) is 13.4. The van der Waals surface area contributed by atoms with Crippen LogP contribution in [0.5, 0.6) is 0 Å². The van der Waals surface area contributed by atoms with E-state index >= 15 is 0 Å². The van der Waals surface area contributed by atoms with Gasteiger partial charge in [0.15, 0.2) is 0 Å². The highest BCUT2D eigenvalue weighted by Crippen LogP contribution is 2.65. The molecule has 4 aliphatic carbocycles. The van der Waals surface area contributed by atoms with Crippen molar-refractivity contribution in [2.75, 3.05) is 27.2 Å². The van der Waals surface area contributed by atoms with Crippen molar-refractivity contribution >= 4 is 5.71 Å². The maximum Gasteiger partial charge on any atom is 0.136 e. The Hall–Kier alpha value is -1.73. The largest absolute Gasteiger partial charge is 0.394 e. The number of aromatic nitrogens is 3. The number of nitrogens with zero attached hydrogens (tertiary/aromatic N) is 5. The molecule has 4 aliphatic rings. The van der Waals surface area contributed by atoms with Crippen LogP contribution in [0, 0.1) is 28.6 Å². The topological polar surface area (TPSA) is 75.8 Å². The van der Waals surface area contributed by atoms with Crippen LogP contribution in [0.15, 0.2) is 23.0 Å². The average molecular weight is 470 g/mol. The van der Waals surface area contributed by atoms with Crippen molar-refractivity contribution in [1.82, 2.24) is 19.9 Å². The van der Waals surface area contributed by atoms with E-state index in [4.69, 9.17) is 4.84 Å². The first kappa shape index (κ1) is 24.0. The molecule has 1 heterocycles. The number of likely N-dealkylation sites (N-methyl/N-ethyl adjacent to an activating group) is 1. The van der Waals surface area contributed by atoms with E-state index in [0.717, 1.165) is 49.0 Å². The Kier molecular flexibility index (Phi) is 6.62. The van der Waals surface area contributed by atoms with Gasteiger partial charge in [0.25, 0.3) is 0 Å². The Morgan fingerprint density at radius 1 is 1.15 bits per heavy atom. The second kappa shape index (κ2) is 9.38. The summed E-state index contributed by atoms with van der Waals surface area (Å²) in [6.07, 6.45) is 14.5. The molecule has 0 bridgehead atoms. The monoisotopic (exact) mass is 469 g/mol. The number of hydrogen-bond donors (Lipinski definition) is 1. The molecule has 0 aliphatic heterocycles. The molecule has 0 aromatic carbocycles. The van der Waals surface area contributed by atoms with Gasteiger partial charge in [-0.05, 0) is 100 Å². The lowest BCUT2D eigenvalue weighted by Crippen LogP contribution is -2.51. The molecule has 3 saturated carbocycles. The molecule has 0 saturated heterocycles. The van der Waals surface area contributed by atoms with Gasteiger partial charge in [-0.2, -0.15) is 0 Å². The maximum atomic E-state index is 10.7. The SMILES string of the molecule is CN(C)CCc1cn(CCON=C2C=C3CCC4C5CCC(O)C5(C)CC[C@H]4C3(C)CC2)nn1. The van der Waals surface area contributed by atoms with Gasteiger partial charge < -0.3 is 14.8 Å². The van der Waals surface area contributed by atoms with Crippen molar-refractivity contribution in [1.29, 1.82) is 0 Å². The van der Waals surface area contributed by atoms with Crippen LogP contribution in [0.2, 0.25) is 0 Å². The summed E-state index contributed by atoms with van der Waals surface area (Å²) >= 11 is 0. The van der Waals surface area contributed by atoms with Crippen LogP contribution in [0.25, 0.3) is 0 Å². The van der Waals surface area contributed by atoms with E-state index in [-0.39, 0.29) is 11.5 Å². The molecule has 5 unspecified atom stereocenters. The van der Waals surface area contributed by atoms with Crippen LogP contribution in [-0.2, 0) is 17.8 Å². The van der Waals surface area contributed by atoms with Gasteiger partial charge in [-0.1, -0.05) is 29.8 Å². The Morgan fingerprint density at radius 3 is 2.82 bits per heavy atom. The van der Waals surface area contributed by atoms with Crippen molar-refractivity contribution in [2.45, 2.75) is 84.3 Å². The number of oxime groups is 1. The third-order valence-corrected chi connectivity index (χ3v) is 9.92. The Balaban J connectivity index is 1.17. The van der Waals surface area contributed by atoms with Gasteiger partial charge in [0.05, 0.1) is 24.1 Å². The highest BCUT2D eigenvalue weighted by molar-refractivity contribution is 5.96. The molecule has 6 atom stereocenters. The van der Waals surface area contributed by atoms with E-state index in [2.05, 4.69) is 54.4 Å². The van der Waals surface area contributed by atoms with Crippen molar-refractivity contribution < 1.29 is 9.94 Å². The zero-order valence-corrected chi connectivity index (χ0v) is 21.5. The molecule has 0 spiro atoms. The van der Waals surface area contributed by atoms with Crippen LogP contribution >= 0.6 is 0 Å². The summed E-state index contributed by atoms with van der Waals surface area (Å²) < 4.78 is 1.85. The number of aliphatic hydroxyl groups is 1. The van der Waals surface area contributed by atoms with Crippen LogP contribution in [0.3, 0.4) is 0 Å². The van der Waals surface area contributed by atoms with Gasteiger partial charge in [0.1, 0.15) is 6.61 Å². The highest BCUT2D eigenvalue weighted by Gasteiger charge is 2.58. The fourth-order valence-electron chi connectivity index (χ4n) is 7.78. The van der Waals surface area contributed by atoms with E-state index in [1.54, 1.807) is 5.57 Å². The molecule has 1 N–H and O–H groups in total. The normalized spacial score (nSPS) is 38.4. The minimum Gasteiger partial charge on any atom is -0.394 e. The Morgan fingerprint density at radius 2 is 2.00 bits per heavy atom.